The molecule has 0 bridgehead atoms. The Morgan fingerprint density at radius 3 is 2.73 bits per heavy atom. The Kier molecular flexibility index (Phi) is 1.86. The van der Waals surface area contributed by atoms with Crippen LogP contribution < -0.4 is 3.97 Å². The zero-order chi connectivity index (χ0) is 10.3. The molecule has 15 heavy (non-hydrogen) atoms. The first kappa shape index (κ1) is 8.68. The molecular formula is C12H9N2S+. The molecule has 0 saturated carbocycles. The van der Waals surface area contributed by atoms with Gasteiger partial charge in [0.1, 0.15) is 18.3 Å². The lowest BCUT2D eigenvalue weighted by atomic mass is 10.1. The minimum Gasteiger partial charge on any atom is -0.249 e. The van der Waals surface area contributed by atoms with Crippen molar-refractivity contribution in [3.63, 3.8) is 0 Å². The summed E-state index contributed by atoms with van der Waals surface area (Å²) < 4.78 is 1.81. The molecule has 0 unspecified atom stereocenters. The summed E-state index contributed by atoms with van der Waals surface area (Å²) in [5, 5.41) is 2.29. The van der Waals surface area contributed by atoms with Gasteiger partial charge in [0.05, 0.1) is 0 Å². The Labute approximate surface area is 92.7 Å². The van der Waals surface area contributed by atoms with Crippen LogP contribution in [0.3, 0.4) is 0 Å². The standard InChI is InChI=1S/C12H9N2S/c15-14-8-2-4-10-6-5-9-3-1-7-13-11(9)12(10)14/h1-8,15H/q+1. The molecule has 2 heterocycles. The zero-order valence-electron chi connectivity index (χ0n) is 7.96. The SMILES string of the molecule is S[n+]1cccc2ccc3cccnc3c21. The Morgan fingerprint density at radius 1 is 1.00 bits per heavy atom. The molecule has 0 aliphatic carbocycles. The third kappa shape index (κ3) is 1.27. The van der Waals surface area contributed by atoms with E-state index < -0.39 is 0 Å². The summed E-state index contributed by atoms with van der Waals surface area (Å²) in [6.07, 6.45) is 3.72. The van der Waals surface area contributed by atoms with Gasteiger partial charge < -0.3 is 0 Å². The third-order valence-corrected chi connectivity index (χ3v) is 2.84. The van der Waals surface area contributed by atoms with Crippen LogP contribution in [0, 0.1) is 0 Å². The lowest BCUT2D eigenvalue weighted by Crippen LogP contribution is -2.20. The number of aromatic nitrogens is 2. The van der Waals surface area contributed by atoms with Gasteiger partial charge >= 0.3 is 0 Å². The monoisotopic (exact) mass is 213 g/mol. The Balaban J connectivity index is 2.64. The molecule has 3 heteroatoms. The molecule has 0 saturated heterocycles. The molecule has 3 rings (SSSR count). The first-order chi connectivity index (χ1) is 7.36. The summed E-state index contributed by atoms with van der Waals surface area (Å²) in [6.45, 7) is 0. The van der Waals surface area contributed by atoms with E-state index in [9.17, 15) is 0 Å². The van der Waals surface area contributed by atoms with Crippen molar-refractivity contribution in [2.24, 2.45) is 0 Å². The molecule has 0 amide bonds. The highest BCUT2D eigenvalue weighted by Crippen LogP contribution is 2.20. The first-order valence-corrected chi connectivity index (χ1v) is 5.13. The molecule has 2 nitrogen and oxygen atoms in total. The third-order valence-electron chi connectivity index (χ3n) is 2.51. The quantitative estimate of drug-likeness (QED) is 0.344. The number of benzene rings is 1. The molecule has 0 fully saturated rings. The van der Waals surface area contributed by atoms with Crippen LogP contribution in [0.4, 0.5) is 0 Å². The van der Waals surface area contributed by atoms with E-state index in [1.807, 2.05) is 28.5 Å². The van der Waals surface area contributed by atoms with E-state index in [2.05, 4.69) is 42.1 Å². The summed E-state index contributed by atoms with van der Waals surface area (Å²) in [5.74, 6) is 0. The van der Waals surface area contributed by atoms with Gasteiger partial charge in [-0.2, -0.15) is 0 Å². The van der Waals surface area contributed by atoms with E-state index in [1.54, 1.807) is 0 Å². The summed E-state index contributed by atoms with van der Waals surface area (Å²) in [4.78, 5) is 4.40. The fourth-order valence-corrected chi connectivity index (χ4v) is 2.11. The lowest BCUT2D eigenvalue weighted by Gasteiger charge is -1.98. The fraction of sp³-hybridized carbons (Fsp3) is 0. The van der Waals surface area contributed by atoms with Crippen molar-refractivity contribution in [3.8, 4) is 0 Å². The maximum atomic E-state index is 4.40. The van der Waals surface area contributed by atoms with Gasteiger partial charge in [0, 0.05) is 23.0 Å². The van der Waals surface area contributed by atoms with Gasteiger partial charge in [-0.3, -0.25) is 0 Å². The highest BCUT2D eigenvalue weighted by molar-refractivity contribution is 7.73. The lowest BCUT2D eigenvalue weighted by molar-refractivity contribution is -0.457. The van der Waals surface area contributed by atoms with E-state index in [0.29, 0.717) is 0 Å². The second-order valence-electron chi connectivity index (χ2n) is 3.43. The molecular weight excluding hydrogens is 204 g/mol. The van der Waals surface area contributed by atoms with E-state index in [-0.39, 0.29) is 0 Å². The van der Waals surface area contributed by atoms with Crippen molar-refractivity contribution in [1.29, 1.82) is 0 Å². The molecule has 0 radical (unpaired) electrons. The summed E-state index contributed by atoms with van der Waals surface area (Å²) in [5.41, 5.74) is 2.05. The molecule has 0 aliphatic heterocycles. The summed E-state index contributed by atoms with van der Waals surface area (Å²) in [7, 11) is 0. The van der Waals surface area contributed by atoms with Crippen LogP contribution in [0.15, 0.2) is 48.8 Å². The average molecular weight is 213 g/mol. The van der Waals surface area contributed by atoms with Gasteiger partial charge in [0.2, 0.25) is 0 Å². The number of fused-ring (bicyclic) bond motifs is 3. The number of rotatable bonds is 0. The van der Waals surface area contributed by atoms with Gasteiger partial charge in [0.25, 0.3) is 5.52 Å². The molecule has 0 N–H and O–H groups in total. The Morgan fingerprint density at radius 2 is 1.80 bits per heavy atom. The van der Waals surface area contributed by atoms with Crippen molar-refractivity contribution in [2.45, 2.75) is 0 Å². The van der Waals surface area contributed by atoms with Crippen molar-refractivity contribution >= 4 is 34.6 Å². The van der Waals surface area contributed by atoms with Crippen molar-refractivity contribution < 1.29 is 3.97 Å². The predicted molar refractivity (Wildman–Crippen MR) is 63.8 cm³/mol. The van der Waals surface area contributed by atoms with E-state index in [4.69, 9.17) is 0 Å². The molecule has 3 aromatic rings. The molecule has 72 valence electrons. The largest absolute Gasteiger partial charge is 0.252 e. The second kappa shape index (κ2) is 3.21. The highest BCUT2D eigenvalue weighted by atomic mass is 32.1. The molecule has 1 aromatic carbocycles. The minimum absolute atomic E-state index is 0.991. The molecule has 0 atom stereocenters. The smallest absolute Gasteiger partial charge is 0.249 e. The van der Waals surface area contributed by atoms with Crippen LogP contribution in [-0.2, 0) is 0 Å². The Bertz CT molecular complexity index is 649. The van der Waals surface area contributed by atoms with Gasteiger partial charge in [0.15, 0.2) is 6.20 Å². The van der Waals surface area contributed by atoms with Gasteiger partial charge in [-0.25, -0.2) is 4.98 Å². The van der Waals surface area contributed by atoms with Crippen LogP contribution in [-0.4, -0.2) is 4.98 Å². The Hall–Kier alpha value is -1.61. The predicted octanol–water partition coefficient (Wildman–Crippen LogP) is 2.37. The summed E-state index contributed by atoms with van der Waals surface area (Å²) >= 11 is 4.40. The number of thiol groups is 1. The number of nitrogens with zero attached hydrogens (tertiary/aromatic N) is 2. The van der Waals surface area contributed by atoms with Crippen molar-refractivity contribution in [3.05, 3.63) is 48.8 Å². The van der Waals surface area contributed by atoms with Crippen LogP contribution in [0.2, 0.25) is 0 Å². The number of pyridine rings is 2. The van der Waals surface area contributed by atoms with Crippen LogP contribution in [0.25, 0.3) is 21.8 Å². The van der Waals surface area contributed by atoms with E-state index in [1.165, 1.54) is 0 Å². The molecule has 0 spiro atoms. The van der Waals surface area contributed by atoms with Gasteiger partial charge in [-0.15, -0.1) is 3.97 Å². The summed E-state index contributed by atoms with van der Waals surface area (Å²) in [6, 6.07) is 12.2. The molecule has 2 aromatic heterocycles. The normalized spacial score (nSPS) is 11.0. The maximum Gasteiger partial charge on any atom is 0.252 e. The zero-order valence-corrected chi connectivity index (χ0v) is 8.85. The fourth-order valence-electron chi connectivity index (χ4n) is 1.82. The van der Waals surface area contributed by atoms with Gasteiger partial charge in [-0.1, -0.05) is 12.1 Å². The van der Waals surface area contributed by atoms with Gasteiger partial charge in [-0.05, 0) is 18.2 Å². The maximum absolute atomic E-state index is 4.40. The number of hydrogen-bond acceptors (Lipinski definition) is 2. The van der Waals surface area contributed by atoms with E-state index >= 15 is 0 Å². The van der Waals surface area contributed by atoms with E-state index in [0.717, 1.165) is 21.8 Å². The highest BCUT2D eigenvalue weighted by Gasteiger charge is 2.10. The van der Waals surface area contributed by atoms with Crippen molar-refractivity contribution in [1.82, 2.24) is 4.98 Å². The first-order valence-electron chi connectivity index (χ1n) is 4.73. The van der Waals surface area contributed by atoms with Crippen LogP contribution in [0.1, 0.15) is 0 Å². The topological polar surface area (TPSA) is 16.8 Å². The average Bonchev–Trinajstić information content (AvgIpc) is 2.29. The minimum atomic E-state index is 0.991. The number of hydrogen-bond donors (Lipinski definition) is 1. The second-order valence-corrected chi connectivity index (χ2v) is 3.86. The van der Waals surface area contributed by atoms with Crippen molar-refractivity contribution in [2.75, 3.05) is 0 Å². The van der Waals surface area contributed by atoms with Crippen LogP contribution >= 0.6 is 12.8 Å². The van der Waals surface area contributed by atoms with Crippen LogP contribution in [0.5, 0.6) is 0 Å². The molecule has 0 aliphatic rings.